The first-order valence-electron chi connectivity index (χ1n) is 7.48. The minimum absolute atomic E-state index is 0.0343. The van der Waals surface area contributed by atoms with E-state index in [0.29, 0.717) is 0 Å². The zero-order valence-electron chi connectivity index (χ0n) is 11.7. The molecule has 108 valence electrons. The minimum atomic E-state index is -0.337. The fourth-order valence-electron chi connectivity index (χ4n) is 4.84. The molecule has 0 aromatic rings. The van der Waals surface area contributed by atoms with E-state index in [1.54, 1.807) is 0 Å². The van der Waals surface area contributed by atoms with Crippen LogP contribution in [-0.4, -0.2) is 35.0 Å². The summed E-state index contributed by atoms with van der Waals surface area (Å²) >= 11 is 0. The van der Waals surface area contributed by atoms with Crippen LogP contribution in [0.2, 0.25) is 0 Å². The van der Waals surface area contributed by atoms with Gasteiger partial charge in [-0.15, -0.1) is 0 Å². The lowest BCUT2D eigenvalue weighted by atomic mass is 9.52. The molecule has 0 radical (unpaired) electrons. The van der Waals surface area contributed by atoms with Crippen molar-refractivity contribution in [1.29, 1.82) is 0 Å². The molecule has 4 heteroatoms. The van der Waals surface area contributed by atoms with Crippen LogP contribution >= 0.6 is 0 Å². The van der Waals surface area contributed by atoms with E-state index in [4.69, 9.17) is 4.74 Å². The number of carbonyl (C=O) groups excluding carboxylic acids is 1. The average Bonchev–Trinajstić information content (AvgIpc) is 2.67. The maximum atomic E-state index is 11.8. The van der Waals surface area contributed by atoms with E-state index in [9.17, 15) is 15.0 Å². The molecule has 2 saturated carbocycles. The number of ether oxygens (including phenoxy) is 1. The summed E-state index contributed by atoms with van der Waals surface area (Å²) in [4.78, 5) is 11.8. The van der Waals surface area contributed by atoms with Gasteiger partial charge in [0.15, 0.2) is 0 Å². The molecule has 0 aromatic heterocycles. The number of aliphatic hydroxyl groups excluding tert-OH is 2. The lowest BCUT2D eigenvalue weighted by Crippen LogP contribution is -2.56. The number of aliphatic hydroxyl groups is 2. The average molecular weight is 268 g/mol. The molecule has 2 N–H and O–H groups in total. The topological polar surface area (TPSA) is 66.8 Å². The van der Waals surface area contributed by atoms with E-state index in [2.05, 4.69) is 6.92 Å². The van der Waals surface area contributed by atoms with E-state index in [1.807, 2.05) is 6.92 Å². The Bertz CT molecular complexity index is 382. The van der Waals surface area contributed by atoms with Crippen molar-refractivity contribution in [3.05, 3.63) is 0 Å². The lowest BCUT2D eigenvalue weighted by Gasteiger charge is -2.55. The maximum Gasteiger partial charge on any atom is 0.309 e. The Labute approximate surface area is 114 Å². The molecule has 3 rings (SSSR count). The van der Waals surface area contributed by atoms with E-state index in [-0.39, 0.29) is 53.9 Å². The van der Waals surface area contributed by atoms with E-state index >= 15 is 0 Å². The van der Waals surface area contributed by atoms with E-state index < -0.39 is 0 Å². The van der Waals surface area contributed by atoms with Crippen LogP contribution in [-0.2, 0) is 9.53 Å². The maximum absolute atomic E-state index is 11.8. The molecule has 2 aliphatic carbocycles. The van der Waals surface area contributed by atoms with Crippen molar-refractivity contribution in [2.45, 2.75) is 51.7 Å². The van der Waals surface area contributed by atoms with Gasteiger partial charge in [0, 0.05) is 23.9 Å². The minimum Gasteiger partial charge on any atom is -0.462 e. The molecule has 0 spiro atoms. The Morgan fingerprint density at radius 2 is 2.11 bits per heavy atom. The summed E-state index contributed by atoms with van der Waals surface area (Å²) in [5.74, 6) is 0.391. The first-order valence-corrected chi connectivity index (χ1v) is 7.48. The van der Waals surface area contributed by atoms with E-state index in [0.717, 1.165) is 25.7 Å². The van der Waals surface area contributed by atoms with Crippen molar-refractivity contribution < 1.29 is 19.7 Å². The largest absolute Gasteiger partial charge is 0.462 e. The highest BCUT2D eigenvalue weighted by Gasteiger charge is 2.60. The molecule has 3 aliphatic rings. The number of hydrogen-bond acceptors (Lipinski definition) is 4. The van der Waals surface area contributed by atoms with Gasteiger partial charge in [0.25, 0.3) is 0 Å². The van der Waals surface area contributed by atoms with Gasteiger partial charge in [-0.25, -0.2) is 0 Å². The highest BCUT2D eigenvalue weighted by atomic mass is 16.6. The number of fused-ring (bicyclic) bond motifs is 3. The van der Waals surface area contributed by atoms with Crippen LogP contribution in [0.15, 0.2) is 0 Å². The van der Waals surface area contributed by atoms with Gasteiger partial charge < -0.3 is 14.9 Å². The smallest absolute Gasteiger partial charge is 0.309 e. The van der Waals surface area contributed by atoms with Gasteiger partial charge in [-0.05, 0) is 31.6 Å². The highest BCUT2D eigenvalue weighted by Crippen LogP contribution is 2.57. The van der Waals surface area contributed by atoms with Crippen molar-refractivity contribution in [1.82, 2.24) is 0 Å². The molecular formula is C15H24O4. The van der Waals surface area contributed by atoms with Gasteiger partial charge >= 0.3 is 5.97 Å². The van der Waals surface area contributed by atoms with Crippen LogP contribution in [0, 0.1) is 29.1 Å². The molecule has 0 bridgehead atoms. The third-order valence-electron chi connectivity index (χ3n) is 6.13. The van der Waals surface area contributed by atoms with Gasteiger partial charge in [0.1, 0.15) is 6.10 Å². The first kappa shape index (κ1) is 13.4. The van der Waals surface area contributed by atoms with Crippen molar-refractivity contribution >= 4 is 5.97 Å². The second-order valence-electron chi connectivity index (χ2n) is 6.96. The van der Waals surface area contributed by atoms with Crippen LogP contribution in [0.5, 0.6) is 0 Å². The van der Waals surface area contributed by atoms with Crippen LogP contribution in [0.3, 0.4) is 0 Å². The fourth-order valence-corrected chi connectivity index (χ4v) is 4.84. The Balaban J connectivity index is 1.95. The molecule has 0 aromatic carbocycles. The molecule has 0 unspecified atom stereocenters. The van der Waals surface area contributed by atoms with Crippen molar-refractivity contribution in [3.63, 3.8) is 0 Å². The summed E-state index contributed by atoms with van der Waals surface area (Å²) in [6.45, 7) is 4.18. The van der Waals surface area contributed by atoms with Crippen molar-refractivity contribution in [2.75, 3.05) is 6.61 Å². The summed E-state index contributed by atoms with van der Waals surface area (Å²) in [7, 11) is 0. The zero-order chi connectivity index (χ0) is 13.8. The zero-order valence-corrected chi connectivity index (χ0v) is 11.7. The standard InChI is InChI=1S/C15H24O4/c1-8-10-5-6-15(2)11(17)4-3-9(7-16)12(15)13(10)19-14(8)18/h8-13,16-17H,3-7H2,1-2H3/t8-,9+,10-,11+,12+,13-,15-/m0/s1. The number of carbonyl (C=O) groups is 1. The fraction of sp³-hybridized carbons (Fsp3) is 0.933. The molecular weight excluding hydrogens is 244 g/mol. The summed E-state index contributed by atoms with van der Waals surface area (Å²) in [5.41, 5.74) is -0.211. The molecule has 0 amide bonds. The normalized spacial score (nSPS) is 53.4. The first-order chi connectivity index (χ1) is 8.99. The predicted octanol–water partition coefficient (Wildman–Crippen LogP) is 1.34. The Morgan fingerprint density at radius 3 is 2.79 bits per heavy atom. The van der Waals surface area contributed by atoms with Crippen LogP contribution in [0.4, 0.5) is 0 Å². The molecule has 19 heavy (non-hydrogen) atoms. The summed E-state index contributed by atoms with van der Waals surface area (Å²) in [5, 5.41) is 20.1. The Hall–Kier alpha value is -0.610. The van der Waals surface area contributed by atoms with Gasteiger partial charge in [0.05, 0.1) is 12.0 Å². The number of esters is 1. The Kier molecular flexibility index (Phi) is 3.13. The van der Waals surface area contributed by atoms with Gasteiger partial charge in [0.2, 0.25) is 0 Å². The quantitative estimate of drug-likeness (QED) is 0.704. The molecule has 3 fully saturated rings. The third-order valence-corrected chi connectivity index (χ3v) is 6.13. The van der Waals surface area contributed by atoms with Gasteiger partial charge in [-0.1, -0.05) is 13.8 Å². The number of hydrogen-bond donors (Lipinski definition) is 2. The monoisotopic (exact) mass is 268 g/mol. The van der Waals surface area contributed by atoms with Gasteiger partial charge in [-0.3, -0.25) is 4.79 Å². The summed E-state index contributed by atoms with van der Waals surface area (Å²) in [6.07, 6.45) is 3.01. The predicted molar refractivity (Wildman–Crippen MR) is 69.2 cm³/mol. The van der Waals surface area contributed by atoms with E-state index in [1.165, 1.54) is 0 Å². The third kappa shape index (κ3) is 1.76. The SMILES string of the molecule is C[C@@H]1C(=O)O[C@H]2[C@H]1CC[C@]1(C)[C@@H]2[C@@H](CO)CC[C@H]1O. The van der Waals surface area contributed by atoms with Crippen molar-refractivity contribution in [3.8, 4) is 0 Å². The molecule has 1 saturated heterocycles. The molecule has 1 heterocycles. The molecule has 1 aliphatic heterocycles. The second kappa shape index (κ2) is 4.45. The van der Waals surface area contributed by atoms with Crippen LogP contribution in [0.1, 0.15) is 39.5 Å². The summed E-state index contributed by atoms with van der Waals surface area (Å²) < 4.78 is 5.63. The Morgan fingerprint density at radius 1 is 1.37 bits per heavy atom. The van der Waals surface area contributed by atoms with Crippen LogP contribution in [0.25, 0.3) is 0 Å². The van der Waals surface area contributed by atoms with Crippen molar-refractivity contribution in [2.24, 2.45) is 29.1 Å². The summed E-state index contributed by atoms with van der Waals surface area (Å²) in [6, 6.07) is 0. The van der Waals surface area contributed by atoms with Crippen LogP contribution < -0.4 is 0 Å². The second-order valence-corrected chi connectivity index (χ2v) is 6.96. The number of rotatable bonds is 1. The lowest BCUT2D eigenvalue weighted by molar-refractivity contribution is -0.171. The molecule has 7 atom stereocenters. The highest BCUT2D eigenvalue weighted by molar-refractivity contribution is 5.75. The molecule has 4 nitrogen and oxygen atoms in total. The van der Waals surface area contributed by atoms with Gasteiger partial charge in [-0.2, -0.15) is 0 Å².